The second-order valence-corrected chi connectivity index (χ2v) is 4.92. The molecule has 1 aliphatic heterocycles. The molecule has 2 amide bonds. The Balaban J connectivity index is 2.27. The minimum absolute atomic E-state index is 0.0479. The van der Waals surface area contributed by atoms with Crippen molar-refractivity contribution in [3.63, 3.8) is 0 Å². The van der Waals surface area contributed by atoms with Crippen LogP contribution >= 0.6 is 0 Å². The van der Waals surface area contributed by atoms with Gasteiger partial charge in [0.1, 0.15) is 0 Å². The summed E-state index contributed by atoms with van der Waals surface area (Å²) in [5.41, 5.74) is 5.36. The molecule has 1 fully saturated rings. The van der Waals surface area contributed by atoms with Crippen molar-refractivity contribution in [2.45, 2.75) is 26.3 Å². The van der Waals surface area contributed by atoms with Crippen molar-refractivity contribution in [1.29, 1.82) is 0 Å². The lowest BCUT2D eigenvalue weighted by atomic mass is 10.2. The summed E-state index contributed by atoms with van der Waals surface area (Å²) in [5, 5.41) is 2.87. The zero-order chi connectivity index (χ0) is 13.5. The van der Waals surface area contributed by atoms with E-state index in [9.17, 15) is 9.59 Å². The maximum Gasteiger partial charge on any atom is 0.234 e. The lowest BCUT2D eigenvalue weighted by Crippen LogP contribution is -2.51. The molecule has 6 nitrogen and oxygen atoms in total. The molecular formula is C12H24N4O2. The van der Waals surface area contributed by atoms with Gasteiger partial charge in [-0.15, -0.1) is 0 Å². The summed E-state index contributed by atoms with van der Waals surface area (Å²) < 4.78 is 0. The standard InChI is InChI=1S/C12H24N4O2/c1-10(2)14-11(17)9-15-5-7-16(8-6-15)12(18)3-4-13/h10H,3-9,13H2,1-2H3,(H,14,17). The predicted octanol–water partition coefficient (Wildman–Crippen LogP) is -0.996. The van der Waals surface area contributed by atoms with Gasteiger partial charge in [0.25, 0.3) is 0 Å². The van der Waals surface area contributed by atoms with E-state index in [2.05, 4.69) is 10.2 Å². The largest absolute Gasteiger partial charge is 0.353 e. The van der Waals surface area contributed by atoms with Crippen molar-refractivity contribution < 1.29 is 9.59 Å². The highest BCUT2D eigenvalue weighted by Crippen LogP contribution is 2.03. The molecule has 0 saturated carbocycles. The molecule has 0 radical (unpaired) electrons. The van der Waals surface area contributed by atoms with Crippen LogP contribution in [0, 0.1) is 0 Å². The lowest BCUT2D eigenvalue weighted by Gasteiger charge is -2.34. The molecule has 0 aliphatic carbocycles. The van der Waals surface area contributed by atoms with Gasteiger partial charge in [-0.2, -0.15) is 0 Å². The van der Waals surface area contributed by atoms with Crippen LogP contribution in [0.4, 0.5) is 0 Å². The Morgan fingerprint density at radius 3 is 2.33 bits per heavy atom. The maximum atomic E-state index is 11.6. The van der Waals surface area contributed by atoms with E-state index in [1.807, 2.05) is 18.7 Å². The molecule has 0 aromatic rings. The lowest BCUT2D eigenvalue weighted by molar-refractivity contribution is -0.133. The van der Waals surface area contributed by atoms with E-state index >= 15 is 0 Å². The van der Waals surface area contributed by atoms with Gasteiger partial charge in [0.2, 0.25) is 11.8 Å². The van der Waals surface area contributed by atoms with E-state index in [4.69, 9.17) is 5.73 Å². The molecule has 1 saturated heterocycles. The van der Waals surface area contributed by atoms with Gasteiger partial charge in [-0.1, -0.05) is 0 Å². The molecule has 0 atom stereocenters. The third-order valence-corrected chi connectivity index (χ3v) is 2.90. The summed E-state index contributed by atoms with van der Waals surface area (Å²) in [7, 11) is 0. The van der Waals surface area contributed by atoms with E-state index in [0.717, 1.165) is 13.1 Å². The van der Waals surface area contributed by atoms with E-state index in [0.29, 0.717) is 32.6 Å². The van der Waals surface area contributed by atoms with E-state index in [1.54, 1.807) is 0 Å². The fraction of sp³-hybridized carbons (Fsp3) is 0.833. The Labute approximate surface area is 108 Å². The first-order valence-corrected chi connectivity index (χ1v) is 6.52. The van der Waals surface area contributed by atoms with Gasteiger partial charge in [-0.25, -0.2) is 0 Å². The molecule has 3 N–H and O–H groups in total. The smallest absolute Gasteiger partial charge is 0.234 e. The summed E-state index contributed by atoms with van der Waals surface area (Å²) >= 11 is 0. The molecule has 0 unspecified atom stereocenters. The van der Waals surface area contributed by atoms with Gasteiger partial charge >= 0.3 is 0 Å². The molecule has 1 heterocycles. The maximum absolute atomic E-state index is 11.6. The highest BCUT2D eigenvalue weighted by Gasteiger charge is 2.21. The van der Waals surface area contributed by atoms with Crippen LogP contribution in [-0.4, -0.2) is 66.9 Å². The number of rotatable bonds is 5. The zero-order valence-corrected chi connectivity index (χ0v) is 11.3. The number of nitrogens with two attached hydrogens (primary N) is 1. The number of carbonyl (C=O) groups excluding carboxylic acids is 2. The normalized spacial score (nSPS) is 17.0. The first kappa shape index (κ1) is 14.9. The fourth-order valence-electron chi connectivity index (χ4n) is 2.01. The average molecular weight is 256 g/mol. The Morgan fingerprint density at radius 2 is 1.83 bits per heavy atom. The van der Waals surface area contributed by atoms with Crippen molar-refractivity contribution >= 4 is 11.8 Å². The molecule has 6 heteroatoms. The molecule has 18 heavy (non-hydrogen) atoms. The summed E-state index contributed by atoms with van der Waals surface area (Å²) in [6, 6.07) is 0.171. The van der Waals surface area contributed by atoms with Gasteiger partial charge in [-0.3, -0.25) is 14.5 Å². The number of hydrogen-bond donors (Lipinski definition) is 2. The van der Waals surface area contributed by atoms with Crippen LogP contribution < -0.4 is 11.1 Å². The van der Waals surface area contributed by atoms with Crippen molar-refractivity contribution in [1.82, 2.24) is 15.1 Å². The summed E-state index contributed by atoms with van der Waals surface area (Å²) in [6.45, 7) is 7.58. The number of nitrogens with one attached hydrogen (secondary N) is 1. The van der Waals surface area contributed by atoms with Crippen molar-refractivity contribution in [3.05, 3.63) is 0 Å². The fourth-order valence-corrected chi connectivity index (χ4v) is 2.01. The Morgan fingerprint density at radius 1 is 1.22 bits per heavy atom. The third-order valence-electron chi connectivity index (χ3n) is 2.90. The second-order valence-electron chi connectivity index (χ2n) is 4.92. The van der Waals surface area contributed by atoms with Gasteiger partial charge in [0.15, 0.2) is 0 Å². The zero-order valence-electron chi connectivity index (χ0n) is 11.3. The Hall–Kier alpha value is -1.14. The monoisotopic (exact) mass is 256 g/mol. The van der Waals surface area contributed by atoms with Gasteiger partial charge < -0.3 is 16.0 Å². The summed E-state index contributed by atoms with van der Waals surface area (Å²) in [4.78, 5) is 27.1. The molecule has 0 aromatic carbocycles. The Bertz CT molecular complexity index is 286. The van der Waals surface area contributed by atoms with Crippen molar-refractivity contribution in [2.24, 2.45) is 5.73 Å². The summed E-state index contributed by atoms with van der Waals surface area (Å²) in [5.74, 6) is 0.163. The van der Waals surface area contributed by atoms with Crippen LogP contribution in [0.3, 0.4) is 0 Å². The topological polar surface area (TPSA) is 78.7 Å². The molecule has 0 aromatic heterocycles. The molecule has 1 rings (SSSR count). The highest BCUT2D eigenvalue weighted by atomic mass is 16.2. The number of nitrogens with zero attached hydrogens (tertiary/aromatic N) is 2. The minimum Gasteiger partial charge on any atom is -0.353 e. The van der Waals surface area contributed by atoms with Gasteiger partial charge in [-0.05, 0) is 13.8 Å². The predicted molar refractivity (Wildman–Crippen MR) is 70.0 cm³/mol. The number of carbonyl (C=O) groups is 2. The molecule has 1 aliphatic rings. The molecule has 0 bridgehead atoms. The number of amides is 2. The minimum atomic E-state index is 0.0479. The van der Waals surface area contributed by atoms with E-state index in [1.165, 1.54) is 0 Å². The molecule has 0 spiro atoms. The first-order valence-electron chi connectivity index (χ1n) is 6.52. The van der Waals surface area contributed by atoms with Crippen LogP contribution in [0.15, 0.2) is 0 Å². The van der Waals surface area contributed by atoms with Crippen LogP contribution in [0.1, 0.15) is 20.3 Å². The van der Waals surface area contributed by atoms with E-state index < -0.39 is 0 Å². The second kappa shape index (κ2) is 7.33. The number of piperazine rings is 1. The quantitative estimate of drug-likeness (QED) is 0.661. The highest BCUT2D eigenvalue weighted by molar-refractivity contribution is 5.78. The average Bonchev–Trinajstić information content (AvgIpc) is 2.29. The van der Waals surface area contributed by atoms with E-state index in [-0.39, 0.29) is 17.9 Å². The van der Waals surface area contributed by atoms with Crippen LogP contribution in [-0.2, 0) is 9.59 Å². The summed E-state index contributed by atoms with van der Waals surface area (Å²) in [6.07, 6.45) is 0.411. The van der Waals surface area contributed by atoms with Gasteiger partial charge in [0, 0.05) is 45.2 Å². The SMILES string of the molecule is CC(C)NC(=O)CN1CCN(C(=O)CCN)CC1. The van der Waals surface area contributed by atoms with Crippen LogP contribution in [0.5, 0.6) is 0 Å². The first-order chi connectivity index (χ1) is 8.52. The third kappa shape index (κ3) is 5.01. The molecular weight excluding hydrogens is 232 g/mol. The Kier molecular flexibility index (Phi) is 6.07. The van der Waals surface area contributed by atoms with Crippen molar-refractivity contribution in [2.75, 3.05) is 39.3 Å². The molecule has 104 valence electrons. The van der Waals surface area contributed by atoms with Crippen molar-refractivity contribution in [3.8, 4) is 0 Å². The van der Waals surface area contributed by atoms with Crippen LogP contribution in [0.2, 0.25) is 0 Å². The number of hydrogen-bond acceptors (Lipinski definition) is 4. The van der Waals surface area contributed by atoms with Gasteiger partial charge in [0.05, 0.1) is 6.54 Å². The van der Waals surface area contributed by atoms with Crippen LogP contribution in [0.25, 0.3) is 0 Å².